The van der Waals surface area contributed by atoms with Crippen LogP contribution in [0.4, 0.5) is 43.9 Å². The van der Waals surface area contributed by atoms with Crippen LogP contribution in [-0.4, -0.2) is 36.5 Å². The molecule has 0 aromatic carbocycles. The van der Waals surface area contributed by atoms with Crippen LogP contribution >= 0.6 is 0 Å². The van der Waals surface area contributed by atoms with Crippen molar-refractivity contribution in [1.29, 1.82) is 0 Å². The van der Waals surface area contributed by atoms with Gasteiger partial charge in [0.25, 0.3) is 0 Å². The maximum absolute atomic E-state index is 12.2. The van der Waals surface area contributed by atoms with Crippen LogP contribution in [0, 0.1) is 0 Å². The minimum Gasteiger partial charge on any atom is -0.394 e. The van der Waals surface area contributed by atoms with Crippen LogP contribution in [0.5, 0.6) is 0 Å². The second kappa shape index (κ2) is 6.16. The van der Waals surface area contributed by atoms with Crippen molar-refractivity contribution in [2.45, 2.75) is 37.4 Å². The Morgan fingerprint density at radius 3 is 1.00 bits per heavy atom. The molecule has 14 heteroatoms. The molecule has 4 nitrogen and oxygen atoms in total. The third-order valence-electron chi connectivity index (χ3n) is 1.68. The molecule has 0 heterocycles. The summed E-state index contributed by atoms with van der Waals surface area (Å²) in [4.78, 5) is 21.1. The van der Waals surface area contributed by atoms with E-state index in [0.29, 0.717) is 0 Å². The standard InChI is InChI=1S/C8H4F10O4/c9-5(10,11)7(15,16)21-3(19)1-2-4(20)22-8(17,18)6(12,13)14/h1-2H2. The number of carbonyl (C=O) groups is 2. The van der Waals surface area contributed by atoms with Gasteiger partial charge in [-0.1, -0.05) is 0 Å². The van der Waals surface area contributed by atoms with Crippen molar-refractivity contribution in [2.24, 2.45) is 0 Å². The van der Waals surface area contributed by atoms with Crippen LogP contribution in [0.1, 0.15) is 12.8 Å². The van der Waals surface area contributed by atoms with Crippen LogP contribution in [-0.2, 0) is 19.1 Å². The van der Waals surface area contributed by atoms with Gasteiger partial charge in [0.1, 0.15) is 0 Å². The first kappa shape index (κ1) is 20.2. The van der Waals surface area contributed by atoms with E-state index in [2.05, 4.69) is 9.47 Å². The van der Waals surface area contributed by atoms with Gasteiger partial charge in [0.2, 0.25) is 0 Å². The molecule has 0 aromatic rings. The summed E-state index contributed by atoms with van der Waals surface area (Å²) in [6.45, 7) is 0. The van der Waals surface area contributed by atoms with Crippen LogP contribution in [0.15, 0.2) is 0 Å². The number of hydrogen-bond donors (Lipinski definition) is 0. The lowest BCUT2D eigenvalue weighted by atomic mass is 10.3. The van der Waals surface area contributed by atoms with E-state index in [0.717, 1.165) is 0 Å². The number of hydrogen-bond acceptors (Lipinski definition) is 4. The van der Waals surface area contributed by atoms with Crippen molar-refractivity contribution in [1.82, 2.24) is 0 Å². The lowest BCUT2D eigenvalue weighted by molar-refractivity contribution is -0.377. The number of halogens is 10. The lowest BCUT2D eigenvalue weighted by Gasteiger charge is -2.20. The molecule has 0 aliphatic rings. The largest absolute Gasteiger partial charge is 0.501 e. The van der Waals surface area contributed by atoms with E-state index in [1.807, 2.05) is 0 Å². The fourth-order valence-electron chi connectivity index (χ4n) is 0.708. The number of esters is 2. The van der Waals surface area contributed by atoms with Gasteiger partial charge in [-0.05, 0) is 0 Å². The Bertz CT molecular complexity index is 384. The van der Waals surface area contributed by atoms with Gasteiger partial charge in [0.15, 0.2) is 0 Å². The highest BCUT2D eigenvalue weighted by molar-refractivity contribution is 5.77. The molecule has 22 heavy (non-hydrogen) atoms. The quantitative estimate of drug-likeness (QED) is 0.562. The molecule has 0 unspecified atom stereocenters. The van der Waals surface area contributed by atoms with Gasteiger partial charge in [0, 0.05) is 0 Å². The second-order valence-corrected chi connectivity index (χ2v) is 3.48. The molecule has 0 fully saturated rings. The number of ether oxygens (including phenoxy) is 2. The first-order chi connectivity index (χ1) is 9.49. The zero-order chi connectivity index (χ0) is 18.0. The Labute approximate surface area is 113 Å². The first-order valence-corrected chi connectivity index (χ1v) is 4.82. The highest BCUT2D eigenvalue weighted by Gasteiger charge is 2.63. The SMILES string of the molecule is O=C(CCC(=O)OC(F)(F)C(F)(F)F)OC(F)(F)C(F)(F)F. The van der Waals surface area contributed by atoms with Crippen molar-refractivity contribution >= 4 is 11.9 Å². The molecule has 0 atom stereocenters. The van der Waals surface area contributed by atoms with Crippen molar-refractivity contribution < 1.29 is 63.0 Å². The molecular weight excluding hydrogens is 350 g/mol. The topological polar surface area (TPSA) is 52.6 Å². The molecule has 0 aliphatic heterocycles. The second-order valence-electron chi connectivity index (χ2n) is 3.48. The molecular formula is C8H4F10O4. The van der Waals surface area contributed by atoms with E-state index >= 15 is 0 Å². The summed E-state index contributed by atoms with van der Waals surface area (Å²) < 4.78 is 124. The zero-order valence-electron chi connectivity index (χ0n) is 9.83. The minimum absolute atomic E-state index is 1.64. The van der Waals surface area contributed by atoms with E-state index in [4.69, 9.17) is 0 Å². The summed E-state index contributed by atoms with van der Waals surface area (Å²) in [6.07, 6.45) is -27.6. The summed E-state index contributed by atoms with van der Waals surface area (Å²) in [5, 5.41) is 0. The molecule has 130 valence electrons. The van der Waals surface area contributed by atoms with Gasteiger partial charge >= 0.3 is 36.5 Å². The van der Waals surface area contributed by atoms with Crippen LogP contribution in [0.2, 0.25) is 0 Å². The molecule has 0 rings (SSSR count). The fourth-order valence-corrected chi connectivity index (χ4v) is 0.708. The van der Waals surface area contributed by atoms with E-state index in [1.54, 1.807) is 0 Å². The third kappa shape index (κ3) is 5.55. The molecule has 0 aromatic heterocycles. The summed E-state index contributed by atoms with van der Waals surface area (Å²) in [7, 11) is 0. The highest BCUT2D eigenvalue weighted by atomic mass is 19.4. The van der Waals surface area contributed by atoms with Gasteiger partial charge < -0.3 is 9.47 Å². The van der Waals surface area contributed by atoms with Crippen LogP contribution in [0.3, 0.4) is 0 Å². The van der Waals surface area contributed by atoms with Crippen molar-refractivity contribution in [3.63, 3.8) is 0 Å². The Morgan fingerprint density at radius 1 is 0.591 bits per heavy atom. The molecule has 0 spiro atoms. The molecule has 0 saturated heterocycles. The van der Waals surface area contributed by atoms with Crippen molar-refractivity contribution in [2.75, 3.05) is 0 Å². The Hall–Kier alpha value is -1.76. The molecule has 0 radical (unpaired) electrons. The maximum Gasteiger partial charge on any atom is 0.501 e. The molecule has 0 N–H and O–H groups in total. The summed E-state index contributed by atoms with van der Waals surface area (Å²) in [6, 6.07) is 0. The van der Waals surface area contributed by atoms with Gasteiger partial charge in [-0.15, -0.1) is 0 Å². The Morgan fingerprint density at radius 2 is 0.818 bits per heavy atom. The van der Waals surface area contributed by atoms with Gasteiger partial charge in [-0.25, -0.2) is 0 Å². The highest BCUT2D eigenvalue weighted by Crippen LogP contribution is 2.37. The van der Waals surface area contributed by atoms with Gasteiger partial charge in [0.05, 0.1) is 12.8 Å². The predicted octanol–water partition coefficient (Wildman–Crippen LogP) is 3.16. The fraction of sp³-hybridized carbons (Fsp3) is 0.750. The van der Waals surface area contributed by atoms with Crippen molar-refractivity contribution in [3.05, 3.63) is 0 Å². The summed E-state index contributed by atoms with van der Waals surface area (Å²) in [5.74, 6) is -4.73. The normalized spacial score (nSPS) is 13.7. The Kier molecular flexibility index (Phi) is 5.67. The summed E-state index contributed by atoms with van der Waals surface area (Å²) in [5.41, 5.74) is 0. The molecule has 0 bridgehead atoms. The van der Waals surface area contributed by atoms with E-state index in [-0.39, 0.29) is 0 Å². The lowest BCUT2D eigenvalue weighted by Crippen LogP contribution is -2.41. The van der Waals surface area contributed by atoms with Gasteiger partial charge in [-0.3, -0.25) is 9.59 Å². The van der Waals surface area contributed by atoms with E-state index < -0.39 is 49.4 Å². The van der Waals surface area contributed by atoms with Crippen LogP contribution in [0.25, 0.3) is 0 Å². The Balaban J connectivity index is 4.47. The van der Waals surface area contributed by atoms with E-state index in [1.165, 1.54) is 0 Å². The number of carbonyl (C=O) groups excluding carboxylic acids is 2. The number of alkyl halides is 10. The third-order valence-corrected chi connectivity index (χ3v) is 1.68. The first-order valence-electron chi connectivity index (χ1n) is 4.82. The smallest absolute Gasteiger partial charge is 0.394 e. The average Bonchev–Trinajstić information content (AvgIpc) is 2.21. The monoisotopic (exact) mass is 354 g/mol. The summed E-state index contributed by atoms with van der Waals surface area (Å²) >= 11 is 0. The van der Waals surface area contributed by atoms with Crippen LogP contribution < -0.4 is 0 Å². The zero-order valence-corrected chi connectivity index (χ0v) is 9.83. The molecule has 0 saturated carbocycles. The molecule has 0 amide bonds. The minimum atomic E-state index is -6.27. The predicted molar refractivity (Wildman–Crippen MR) is 43.4 cm³/mol. The number of rotatable bonds is 5. The van der Waals surface area contributed by atoms with Crippen molar-refractivity contribution in [3.8, 4) is 0 Å². The average molecular weight is 354 g/mol. The van der Waals surface area contributed by atoms with E-state index in [9.17, 15) is 53.5 Å². The van der Waals surface area contributed by atoms with Gasteiger partial charge in [-0.2, -0.15) is 43.9 Å². The maximum atomic E-state index is 12.2. The molecule has 0 aliphatic carbocycles.